The lowest BCUT2D eigenvalue weighted by Gasteiger charge is -2.07. The van der Waals surface area contributed by atoms with Crippen molar-refractivity contribution in [2.75, 3.05) is 0 Å². The van der Waals surface area contributed by atoms with Gasteiger partial charge in [-0.2, -0.15) is 0 Å². The quantitative estimate of drug-likeness (QED) is 0.662. The van der Waals surface area contributed by atoms with Gasteiger partial charge < -0.3 is 0 Å². The number of alkyl halides is 2. The number of benzene rings is 2. The van der Waals surface area contributed by atoms with Crippen LogP contribution >= 0.6 is 23.2 Å². The first-order chi connectivity index (χ1) is 8.49. The van der Waals surface area contributed by atoms with Crippen LogP contribution in [-0.2, 0) is 0 Å². The Labute approximate surface area is 112 Å². The molecule has 0 atom stereocenters. The van der Waals surface area contributed by atoms with Crippen LogP contribution in [0.15, 0.2) is 36.4 Å². The van der Waals surface area contributed by atoms with Crippen molar-refractivity contribution < 1.29 is 13.2 Å². The SMILES string of the molecule is Fc1cc(C(F)F)ccc1-c1ccc(Cl)c(Cl)c1. The Balaban J connectivity index is 2.47. The molecule has 0 spiro atoms. The third-order valence-corrected chi connectivity index (χ3v) is 3.21. The maximum absolute atomic E-state index is 13.7. The first kappa shape index (κ1) is 13.2. The third kappa shape index (κ3) is 2.62. The topological polar surface area (TPSA) is 0 Å². The summed E-state index contributed by atoms with van der Waals surface area (Å²) in [6.45, 7) is 0. The zero-order chi connectivity index (χ0) is 13.3. The molecule has 0 bridgehead atoms. The highest BCUT2D eigenvalue weighted by Crippen LogP contribution is 2.31. The Kier molecular flexibility index (Phi) is 3.83. The molecule has 0 saturated carbocycles. The molecule has 0 amide bonds. The lowest BCUT2D eigenvalue weighted by atomic mass is 10.0. The Bertz CT molecular complexity index is 582. The van der Waals surface area contributed by atoms with E-state index < -0.39 is 12.2 Å². The molecule has 94 valence electrons. The molecule has 2 aromatic rings. The molecule has 0 nitrogen and oxygen atoms in total. The van der Waals surface area contributed by atoms with E-state index in [4.69, 9.17) is 23.2 Å². The molecular weight excluding hydrogens is 284 g/mol. The van der Waals surface area contributed by atoms with Crippen molar-refractivity contribution in [1.29, 1.82) is 0 Å². The molecule has 2 aromatic carbocycles. The van der Waals surface area contributed by atoms with Crippen molar-refractivity contribution >= 4 is 23.2 Å². The first-order valence-corrected chi connectivity index (χ1v) is 5.77. The maximum Gasteiger partial charge on any atom is 0.263 e. The molecule has 0 aliphatic carbocycles. The van der Waals surface area contributed by atoms with E-state index in [1.54, 1.807) is 6.07 Å². The van der Waals surface area contributed by atoms with Crippen LogP contribution in [-0.4, -0.2) is 0 Å². The van der Waals surface area contributed by atoms with Crippen molar-refractivity contribution in [3.63, 3.8) is 0 Å². The summed E-state index contributed by atoms with van der Waals surface area (Å²) in [7, 11) is 0. The summed E-state index contributed by atoms with van der Waals surface area (Å²) < 4.78 is 38.5. The van der Waals surface area contributed by atoms with Crippen molar-refractivity contribution in [2.45, 2.75) is 6.43 Å². The molecule has 18 heavy (non-hydrogen) atoms. The van der Waals surface area contributed by atoms with Gasteiger partial charge in [-0.15, -0.1) is 0 Å². The predicted molar refractivity (Wildman–Crippen MR) is 66.8 cm³/mol. The maximum atomic E-state index is 13.7. The molecule has 0 aromatic heterocycles. The minimum Gasteiger partial charge on any atom is -0.206 e. The van der Waals surface area contributed by atoms with Gasteiger partial charge in [0.1, 0.15) is 5.82 Å². The molecule has 2 rings (SSSR count). The number of rotatable bonds is 2. The summed E-state index contributed by atoms with van der Waals surface area (Å²) in [6, 6.07) is 7.91. The van der Waals surface area contributed by atoms with Gasteiger partial charge in [0, 0.05) is 11.1 Å². The summed E-state index contributed by atoms with van der Waals surface area (Å²) in [4.78, 5) is 0. The monoisotopic (exact) mass is 290 g/mol. The van der Waals surface area contributed by atoms with E-state index in [2.05, 4.69) is 0 Å². The van der Waals surface area contributed by atoms with Gasteiger partial charge in [-0.05, 0) is 23.8 Å². The Hall–Kier alpha value is -1.19. The van der Waals surface area contributed by atoms with Gasteiger partial charge >= 0.3 is 0 Å². The highest BCUT2D eigenvalue weighted by molar-refractivity contribution is 6.42. The fourth-order valence-corrected chi connectivity index (χ4v) is 1.86. The van der Waals surface area contributed by atoms with Gasteiger partial charge in [0.15, 0.2) is 0 Å². The molecule has 0 aliphatic heterocycles. The van der Waals surface area contributed by atoms with Gasteiger partial charge in [0.05, 0.1) is 10.0 Å². The van der Waals surface area contributed by atoms with Crippen LogP contribution in [0, 0.1) is 5.82 Å². The highest BCUT2D eigenvalue weighted by atomic mass is 35.5. The summed E-state index contributed by atoms with van der Waals surface area (Å²) in [5, 5.41) is 0.636. The lowest BCUT2D eigenvalue weighted by molar-refractivity contribution is 0.151. The van der Waals surface area contributed by atoms with Crippen LogP contribution in [0.25, 0.3) is 11.1 Å². The summed E-state index contributed by atoms with van der Waals surface area (Å²) >= 11 is 11.6. The van der Waals surface area contributed by atoms with Crippen LogP contribution in [0.5, 0.6) is 0 Å². The molecule has 0 radical (unpaired) electrons. The highest BCUT2D eigenvalue weighted by Gasteiger charge is 2.12. The molecular formula is C13H7Cl2F3. The van der Waals surface area contributed by atoms with Gasteiger partial charge in [-0.25, -0.2) is 13.2 Å². The molecule has 0 unspecified atom stereocenters. The Morgan fingerprint density at radius 2 is 1.61 bits per heavy atom. The third-order valence-electron chi connectivity index (χ3n) is 2.48. The second kappa shape index (κ2) is 5.21. The molecule has 5 heteroatoms. The predicted octanol–water partition coefficient (Wildman–Crippen LogP) is 5.74. The van der Waals surface area contributed by atoms with E-state index in [-0.39, 0.29) is 16.1 Å². The van der Waals surface area contributed by atoms with E-state index in [0.29, 0.717) is 10.6 Å². The largest absolute Gasteiger partial charge is 0.263 e. The van der Waals surface area contributed by atoms with Crippen molar-refractivity contribution in [3.05, 3.63) is 57.8 Å². The Morgan fingerprint density at radius 3 is 2.17 bits per heavy atom. The van der Waals surface area contributed by atoms with E-state index >= 15 is 0 Å². The fraction of sp³-hybridized carbons (Fsp3) is 0.0769. The van der Waals surface area contributed by atoms with Crippen molar-refractivity contribution in [1.82, 2.24) is 0 Å². The summed E-state index contributed by atoms with van der Waals surface area (Å²) in [5.74, 6) is -0.716. The number of hydrogen-bond donors (Lipinski definition) is 0. The zero-order valence-corrected chi connectivity index (χ0v) is 10.4. The number of hydrogen-bond acceptors (Lipinski definition) is 0. The van der Waals surface area contributed by atoms with Gasteiger partial charge in [-0.1, -0.05) is 41.4 Å². The van der Waals surface area contributed by atoms with Crippen LogP contribution < -0.4 is 0 Å². The Morgan fingerprint density at radius 1 is 0.889 bits per heavy atom. The molecule has 0 heterocycles. The minimum atomic E-state index is -2.69. The second-order valence-corrected chi connectivity index (χ2v) is 4.48. The van der Waals surface area contributed by atoms with Crippen LogP contribution in [0.4, 0.5) is 13.2 Å². The molecule has 0 saturated heterocycles. The first-order valence-electron chi connectivity index (χ1n) is 5.02. The summed E-state index contributed by atoms with van der Waals surface area (Å²) in [6.07, 6.45) is -2.69. The van der Waals surface area contributed by atoms with E-state index in [0.717, 1.165) is 6.07 Å². The van der Waals surface area contributed by atoms with Crippen molar-refractivity contribution in [2.24, 2.45) is 0 Å². The molecule has 0 fully saturated rings. The fourth-order valence-electron chi connectivity index (χ4n) is 1.56. The summed E-state index contributed by atoms with van der Waals surface area (Å²) in [5.41, 5.74) is 0.344. The van der Waals surface area contributed by atoms with E-state index in [1.165, 1.54) is 24.3 Å². The minimum absolute atomic E-state index is 0.206. The standard InChI is InChI=1S/C13H7Cl2F3/c14-10-4-2-7(5-11(10)15)9-3-1-8(13(17)18)6-12(9)16/h1-6,13H. The van der Waals surface area contributed by atoms with Crippen LogP contribution in [0.2, 0.25) is 10.0 Å². The second-order valence-electron chi connectivity index (χ2n) is 3.67. The average molecular weight is 291 g/mol. The van der Waals surface area contributed by atoms with Gasteiger partial charge in [0.25, 0.3) is 6.43 Å². The average Bonchev–Trinajstić information content (AvgIpc) is 2.32. The molecule has 0 N–H and O–H groups in total. The van der Waals surface area contributed by atoms with Gasteiger partial charge in [-0.3, -0.25) is 0 Å². The normalized spacial score (nSPS) is 11.0. The van der Waals surface area contributed by atoms with E-state index in [9.17, 15) is 13.2 Å². The number of halogens is 5. The molecule has 0 aliphatic rings. The smallest absolute Gasteiger partial charge is 0.206 e. The lowest BCUT2D eigenvalue weighted by Crippen LogP contribution is -1.90. The van der Waals surface area contributed by atoms with Crippen LogP contribution in [0.1, 0.15) is 12.0 Å². The van der Waals surface area contributed by atoms with Crippen molar-refractivity contribution in [3.8, 4) is 11.1 Å². The van der Waals surface area contributed by atoms with Gasteiger partial charge in [0.2, 0.25) is 0 Å². The zero-order valence-electron chi connectivity index (χ0n) is 8.93. The van der Waals surface area contributed by atoms with E-state index in [1.807, 2.05) is 0 Å². The van der Waals surface area contributed by atoms with Crippen LogP contribution in [0.3, 0.4) is 0 Å².